The number of amides is 1. The number of nitrogens with two attached hydrogens (primary N) is 1. The second-order valence-corrected chi connectivity index (χ2v) is 5.42. The maximum atomic E-state index is 11.3. The molecule has 1 unspecified atom stereocenters. The molecule has 1 aromatic carbocycles. The molecule has 1 heterocycles. The molecular weight excluding hydrogens is 296 g/mol. The Kier molecular flexibility index (Phi) is 4.01. The monoisotopic (exact) mass is 310 g/mol. The van der Waals surface area contributed by atoms with Crippen molar-refractivity contribution in [3.05, 3.63) is 28.2 Å². The highest BCUT2D eigenvalue weighted by Gasteiger charge is 2.25. The molecule has 2 N–H and O–H groups in total. The number of rotatable bonds is 3. The topological polar surface area (TPSA) is 63.4 Å². The first-order chi connectivity index (χ1) is 8.61. The SMILES string of the molecule is NC(=O)C1CCCN(c2cc(Br)ccc2C=O)C1. The highest BCUT2D eigenvalue weighted by Crippen LogP contribution is 2.28. The number of carbonyl (C=O) groups is 2. The summed E-state index contributed by atoms with van der Waals surface area (Å²) in [5.41, 5.74) is 6.87. The number of halogens is 1. The van der Waals surface area contributed by atoms with E-state index in [0.717, 1.165) is 35.8 Å². The summed E-state index contributed by atoms with van der Waals surface area (Å²) < 4.78 is 0.921. The Balaban J connectivity index is 2.27. The van der Waals surface area contributed by atoms with E-state index >= 15 is 0 Å². The molecule has 1 aliphatic rings. The highest BCUT2D eigenvalue weighted by atomic mass is 79.9. The van der Waals surface area contributed by atoms with Crippen molar-refractivity contribution >= 4 is 33.8 Å². The third-order valence-corrected chi connectivity index (χ3v) is 3.78. The first-order valence-electron chi connectivity index (χ1n) is 5.91. The number of hydrogen-bond donors (Lipinski definition) is 1. The third-order valence-electron chi connectivity index (χ3n) is 3.28. The minimum atomic E-state index is -0.262. The summed E-state index contributed by atoms with van der Waals surface area (Å²) in [5.74, 6) is -0.389. The van der Waals surface area contributed by atoms with E-state index in [1.165, 1.54) is 0 Å². The number of hydrogen-bond acceptors (Lipinski definition) is 3. The van der Waals surface area contributed by atoms with Crippen molar-refractivity contribution in [1.82, 2.24) is 0 Å². The number of aldehydes is 1. The molecule has 0 spiro atoms. The van der Waals surface area contributed by atoms with Gasteiger partial charge in [0.2, 0.25) is 5.91 Å². The van der Waals surface area contributed by atoms with Gasteiger partial charge in [-0.05, 0) is 31.0 Å². The first-order valence-corrected chi connectivity index (χ1v) is 6.70. The average molecular weight is 311 g/mol. The first kappa shape index (κ1) is 13.1. The van der Waals surface area contributed by atoms with Gasteiger partial charge in [0.25, 0.3) is 0 Å². The molecule has 2 rings (SSSR count). The Morgan fingerprint density at radius 2 is 2.28 bits per heavy atom. The highest BCUT2D eigenvalue weighted by molar-refractivity contribution is 9.10. The zero-order valence-corrected chi connectivity index (χ0v) is 11.5. The number of primary amides is 1. The van der Waals surface area contributed by atoms with Crippen molar-refractivity contribution in [2.45, 2.75) is 12.8 Å². The van der Waals surface area contributed by atoms with Gasteiger partial charge < -0.3 is 10.6 Å². The standard InChI is InChI=1S/C13H15BrN2O2/c14-11-4-3-10(8-17)12(6-11)16-5-1-2-9(7-16)13(15)18/h3-4,6,8-9H,1-2,5,7H2,(H2,15,18). The van der Waals surface area contributed by atoms with Gasteiger partial charge in [-0.2, -0.15) is 0 Å². The predicted molar refractivity (Wildman–Crippen MR) is 73.7 cm³/mol. The average Bonchev–Trinajstić information content (AvgIpc) is 2.39. The van der Waals surface area contributed by atoms with Gasteiger partial charge in [0.15, 0.2) is 6.29 Å². The smallest absolute Gasteiger partial charge is 0.222 e. The van der Waals surface area contributed by atoms with Crippen LogP contribution in [0.2, 0.25) is 0 Å². The lowest BCUT2D eigenvalue weighted by Gasteiger charge is -2.33. The van der Waals surface area contributed by atoms with Crippen LogP contribution >= 0.6 is 15.9 Å². The van der Waals surface area contributed by atoms with Crippen LogP contribution in [0.3, 0.4) is 0 Å². The summed E-state index contributed by atoms with van der Waals surface area (Å²) >= 11 is 3.40. The van der Waals surface area contributed by atoms with Gasteiger partial charge in [-0.25, -0.2) is 0 Å². The fourth-order valence-electron chi connectivity index (χ4n) is 2.32. The van der Waals surface area contributed by atoms with Crippen molar-refractivity contribution in [3.63, 3.8) is 0 Å². The van der Waals surface area contributed by atoms with E-state index < -0.39 is 0 Å². The van der Waals surface area contributed by atoms with Gasteiger partial charge in [-0.1, -0.05) is 15.9 Å². The Morgan fingerprint density at radius 1 is 1.50 bits per heavy atom. The summed E-state index contributed by atoms with van der Waals surface area (Å²) in [6, 6.07) is 5.52. The Bertz CT molecular complexity index is 476. The fourth-order valence-corrected chi connectivity index (χ4v) is 2.67. The molecule has 0 bridgehead atoms. The van der Waals surface area contributed by atoms with Crippen molar-refractivity contribution in [1.29, 1.82) is 0 Å². The molecule has 96 valence electrons. The molecule has 1 fully saturated rings. The maximum absolute atomic E-state index is 11.3. The van der Waals surface area contributed by atoms with Crippen LogP contribution in [0.4, 0.5) is 5.69 Å². The Morgan fingerprint density at radius 3 is 2.94 bits per heavy atom. The molecule has 0 aliphatic carbocycles. The molecule has 0 saturated carbocycles. The molecule has 1 saturated heterocycles. The normalized spacial score (nSPS) is 19.6. The quantitative estimate of drug-likeness (QED) is 0.868. The molecule has 1 amide bonds. The van der Waals surface area contributed by atoms with Crippen molar-refractivity contribution in [2.24, 2.45) is 11.7 Å². The van der Waals surface area contributed by atoms with Crippen LogP contribution in [-0.4, -0.2) is 25.3 Å². The van der Waals surface area contributed by atoms with Crippen LogP contribution < -0.4 is 10.6 Å². The second kappa shape index (κ2) is 5.52. The minimum absolute atomic E-state index is 0.128. The largest absolute Gasteiger partial charge is 0.370 e. The van der Waals surface area contributed by atoms with Crippen molar-refractivity contribution in [3.8, 4) is 0 Å². The van der Waals surface area contributed by atoms with Gasteiger partial charge in [0.1, 0.15) is 0 Å². The van der Waals surface area contributed by atoms with E-state index in [0.29, 0.717) is 12.1 Å². The van der Waals surface area contributed by atoms with E-state index in [1.807, 2.05) is 12.1 Å². The molecule has 1 atom stereocenters. The number of benzene rings is 1. The van der Waals surface area contributed by atoms with E-state index in [9.17, 15) is 9.59 Å². The Hall–Kier alpha value is -1.36. The number of anilines is 1. The van der Waals surface area contributed by atoms with E-state index in [2.05, 4.69) is 20.8 Å². The maximum Gasteiger partial charge on any atom is 0.222 e. The summed E-state index contributed by atoms with van der Waals surface area (Å²) in [5, 5.41) is 0. The van der Waals surface area contributed by atoms with Gasteiger partial charge >= 0.3 is 0 Å². The third kappa shape index (κ3) is 2.72. The molecule has 0 radical (unpaired) electrons. The van der Waals surface area contributed by atoms with E-state index in [-0.39, 0.29) is 11.8 Å². The zero-order chi connectivity index (χ0) is 13.1. The van der Waals surface area contributed by atoms with Crippen molar-refractivity contribution in [2.75, 3.05) is 18.0 Å². The number of carbonyl (C=O) groups excluding carboxylic acids is 2. The van der Waals surface area contributed by atoms with Crippen LogP contribution in [0.25, 0.3) is 0 Å². The van der Waals surface area contributed by atoms with Crippen molar-refractivity contribution < 1.29 is 9.59 Å². The molecule has 5 heteroatoms. The number of piperidine rings is 1. The molecule has 4 nitrogen and oxygen atoms in total. The lowest BCUT2D eigenvalue weighted by atomic mass is 9.96. The van der Waals surface area contributed by atoms with Crippen LogP contribution in [0.1, 0.15) is 23.2 Å². The molecule has 18 heavy (non-hydrogen) atoms. The molecular formula is C13H15BrN2O2. The summed E-state index contributed by atoms with van der Waals surface area (Å²) in [6.07, 6.45) is 2.59. The fraction of sp³-hybridized carbons (Fsp3) is 0.385. The second-order valence-electron chi connectivity index (χ2n) is 4.51. The van der Waals surface area contributed by atoms with Crippen LogP contribution in [0, 0.1) is 5.92 Å². The van der Waals surface area contributed by atoms with E-state index in [1.54, 1.807) is 6.07 Å². The van der Waals surface area contributed by atoms with Gasteiger partial charge in [-0.15, -0.1) is 0 Å². The summed E-state index contributed by atoms with van der Waals surface area (Å²) in [4.78, 5) is 24.4. The molecule has 1 aromatic rings. The van der Waals surface area contributed by atoms with Gasteiger partial charge in [0.05, 0.1) is 5.92 Å². The summed E-state index contributed by atoms with van der Waals surface area (Å²) in [6.45, 7) is 1.44. The van der Waals surface area contributed by atoms with Crippen LogP contribution in [0.15, 0.2) is 22.7 Å². The lowest BCUT2D eigenvalue weighted by molar-refractivity contribution is -0.122. The minimum Gasteiger partial charge on any atom is -0.370 e. The van der Waals surface area contributed by atoms with E-state index in [4.69, 9.17) is 5.73 Å². The van der Waals surface area contributed by atoms with Gasteiger partial charge in [0, 0.05) is 28.8 Å². The Labute approximate surface area is 114 Å². The summed E-state index contributed by atoms with van der Waals surface area (Å²) in [7, 11) is 0. The zero-order valence-electron chi connectivity index (χ0n) is 9.93. The number of nitrogens with zero attached hydrogens (tertiary/aromatic N) is 1. The molecule has 1 aliphatic heterocycles. The predicted octanol–water partition coefficient (Wildman–Crippen LogP) is 1.96. The molecule has 0 aromatic heterocycles. The van der Waals surface area contributed by atoms with Gasteiger partial charge in [-0.3, -0.25) is 9.59 Å². The van der Waals surface area contributed by atoms with Crippen LogP contribution in [0.5, 0.6) is 0 Å². The lowest BCUT2D eigenvalue weighted by Crippen LogP contribution is -2.41. The van der Waals surface area contributed by atoms with Crippen LogP contribution in [-0.2, 0) is 4.79 Å².